The van der Waals surface area contributed by atoms with Crippen molar-refractivity contribution in [3.8, 4) is 0 Å². The van der Waals surface area contributed by atoms with Crippen LogP contribution >= 0.6 is 0 Å². The van der Waals surface area contributed by atoms with Crippen molar-refractivity contribution >= 4 is 0 Å². The average molecular weight is 148 g/mol. The van der Waals surface area contributed by atoms with Gasteiger partial charge in [-0.25, -0.2) is 0 Å². The molecule has 0 saturated heterocycles. The maximum Gasteiger partial charge on any atom is 1.00 e. The standard InChI is InChI=1S/C10H21.Li/c1-3-5-7-9-10-8-6-4-2;/h3H,4-10H2,1-2H3;/q-1;+1. The van der Waals surface area contributed by atoms with Gasteiger partial charge in [0.05, 0.1) is 0 Å². The van der Waals surface area contributed by atoms with Gasteiger partial charge in [-0.3, -0.25) is 0 Å². The molecule has 0 nitrogen and oxygen atoms in total. The van der Waals surface area contributed by atoms with Gasteiger partial charge in [0, 0.05) is 0 Å². The van der Waals surface area contributed by atoms with Gasteiger partial charge < -0.3 is 6.42 Å². The summed E-state index contributed by atoms with van der Waals surface area (Å²) in [5.41, 5.74) is 0. The molecule has 62 valence electrons. The molecule has 0 aromatic rings. The van der Waals surface area contributed by atoms with Gasteiger partial charge in [0.2, 0.25) is 0 Å². The van der Waals surface area contributed by atoms with Gasteiger partial charge in [0.15, 0.2) is 0 Å². The fourth-order valence-electron chi connectivity index (χ4n) is 1.13. The SMILES string of the molecule is C[CH-]CCCCCCCC.[Li+]. The van der Waals surface area contributed by atoms with E-state index in [9.17, 15) is 0 Å². The predicted molar refractivity (Wildman–Crippen MR) is 48.0 cm³/mol. The molecule has 0 N–H and O–H groups in total. The third kappa shape index (κ3) is 13.6. The number of hydrogen-bond acceptors (Lipinski definition) is 0. The Balaban J connectivity index is 0. The van der Waals surface area contributed by atoms with E-state index < -0.39 is 0 Å². The van der Waals surface area contributed by atoms with Crippen molar-refractivity contribution in [2.45, 2.75) is 58.8 Å². The summed E-state index contributed by atoms with van der Waals surface area (Å²) in [6.45, 7) is 4.41. The second-order valence-electron chi connectivity index (χ2n) is 2.96. The number of hydrogen-bond donors (Lipinski definition) is 0. The van der Waals surface area contributed by atoms with Gasteiger partial charge in [0.1, 0.15) is 0 Å². The van der Waals surface area contributed by atoms with Crippen LogP contribution in [0.4, 0.5) is 0 Å². The fourth-order valence-corrected chi connectivity index (χ4v) is 1.13. The minimum absolute atomic E-state index is 0. The summed E-state index contributed by atoms with van der Waals surface area (Å²) in [5, 5.41) is 0. The van der Waals surface area contributed by atoms with Crippen molar-refractivity contribution in [2.75, 3.05) is 0 Å². The summed E-state index contributed by atoms with van der Waals surface area (Å²) in [4.78, 5) is 0. The largest absolute Gasteiger partial charge is 1.00 e. The summed E-state index contributed by atoms with van der Waals surface area (Å²) in [6, 6.07) is 0. The Bertz CT molecular complexity index is 44.8. The van der Waals surface area contributed by atoms with E-state index in [2.05, 4.69) is 20.3 Å². The van der Waals surface area contributed by atoms with Crippen molar-refractivity contribution in [3.05, 3.63) is 6.42 Å². The van der Waals surface area contributed by atoms with E-state index in [-0.39, 0.29) is 18.9 Å². The van der Waals surface area contributed by atoms with E-state index in [4.69, 9.17) is 0 Å². The van der Waals surface area contributed by atoms with Crippen molar-refractivity contribution in [3.63, 3.8) is 0 Å². The van der Waals surface area contributed by atoms with Crippen LogP contribution in [0.2, 0.25) is 0 Å². The van der Waals surface area contributed by atoms with Gasteiger partial charge >= 0.3 is 18.9 Å². The van der Waals surface area contributed by atoms with E-state index >= 15 is 0 Å². The molecule has 0 fully saturated rings. The van der Waals surface area contributed by atoms with Crippen LogP contribution in [0.15, 0.2) is 0 Å². The number of unbranched alkanes of at least 4 members (excludes halogenated alkanes) is 7. The topological polar surface area (TPSA) is 0 Å². The summed E-state index contributed by atoms with van der Waals surface area (Å²) >= 11 is 0. The molecule has 0 unspecified atom stereocenters. The first-order valence-corrected chi connectivity index (χ1v) is 4.69. The molecule has 0 aliphatic carbocycles. The van der Waals surface area contributed by atoms with E-state index in [0.29, 0.717) is 0 Å². The molecule has 0 spiro atoms. The van der Waals surface area contributed by atoms with Crippen molar-refractivity contribution in [1.29, 1.82) is 0 Å². The Morgan fingerprint density at radius 3 is 2.00 bits per heavy atom. The van der Waals surface area contributed by atoms with Gasteiger partial charge in [-0.2, -0.15) is 13.3 Å². The van der Waals surface area contributed by atoms with Crippen LogP contribution in [-0.2, 0) is 0 Å². The summed E-state index contributed by atoms with van der Waals surface area (Å²) in [6.07, 6.45) is 12.1. The molecule has 0 aromatic carbocycles. The Morgan fingerprint density at radius 1 is 0.909 bits per heavy atom. The zero-order valence-corrected chi connectivity index (χ0v) is 8.53. The van der Waals surface area contributed by atoms with Crippen LogP contribution in [0.25, 0.3) is 0 Å². The molecule has 0 aromatic heterocycles. The molecule has 0 amide bonds. The van der Waals surface area contributed by atoms with Crippen LogP contribution in [0.3, 0.4) is 0 Å². The Labute approximate surface area is 84.3 Å². The molecule has 0 radical (unpaired) electrons. The molecule has 0 atom stereocenters. The van der Waals surface area contributed by atoms with Gasteiger partial charge in [-0.15, -0.1) is 0 Å². The molecule has 0 bridgehead atoms. The van der Waals surface area contributed by atoms with Crippen LogP contribution < -0.4 is 18.9 Å². The number of rotatable bonds is 7. The molecule has 0 aliphatic heterocycles. The third-order valence-electron chi connectivity index (χ3n) is 1.85. The molecule has 0 heterocycles. The summed E-state index contributed by atoms with van der Waals surface area (Å²) in [5.74, 6) is 0. The first-order valence-electron chi connectivity index (χ1n) is 4.69. The van der Waals surface area contributed by atoms with E-state index in [0.717, 1.165) is 0 Å². The molecule has 1 heteroatoms. The predicted octanol–water partition coefficient (Wildman–Crippen LogP) is 0.965. The average Bonchev–Trinajstić information content (AvgIpc) is 1.97. The van der Waals surface area contributed by atoms with Gasteiger partial charge in [-0.1, -0.05) is 45.4 Å². The second kappa shape index (κ2) is 13.2. The van der Waals surface area contributed by atoms with Gasteiger partial charge in [0.25, 0.3) is 0 Å². The maximum atomic E-state index is 2.26. The summed E-state index contributed by atoms with van der Waals surface area (Å²) < 4.78 is 0. The first-order chi connectivity index (χ1) is 4.91. The first kappa shape index (κ1) is 14.1. The van der Waals surface area contributed by atoms with E-state index in [1.807, 2.05) is 0 Å². The normalized spacial score (nSPS) is 9.27. The Morgan fingerprint density at radius 2 is 1.45 bits per heavy atom. The van der Waals surface area contributed by atoms with Gasteiger partial charge in [-0.05, 0) is 0 Å². The van der Waals surface area contributed by atoms with Crippen molar-refractivity contribution < 1.29 is 18.9 Å². The third-order valence-corrected chi connectivity index (χ3v) is 1.85. The molecular weight excluding hydrogens is 127 g/mol. The van der Waals surface area contributed by atoms with Crippen molar-refractivity contribution in [1.82, 2.24) is 0 Å². The molecular formula is C10H21Li. The molecule has 0 saturated carbocycles. The summed E-state index contributed by atoms with van der Waals surface area (Å²) in [7, 11) is 0. The minimum Gasteiger partial charge on any atom is -0.332 e. The minimum atomic E-state index is 0. The Kier molecular flexibility index (Phi) is 17.0. The zero-order valence-electron chi connectivity index (χ0n) is 8.53. The van der Waals surface area contributed by atoms with E-state index in [1.165, 1.54) is 44.9 Å². The monoisotopic (exact) mass is 148 g/mol. The van der Waals surface area contributed by atoms with Crippen LogP contribution in [0.5, 0.6) is 0 Å². The smallest absolute Gasteiger partial charge is 0.332 e. The molecule has 0 aliphatic rings. The zero-order chi connectivity index (χ0) is 7.66. The van der Waals surface area contributed by atoms with Crippen molar-refractivity contribution in [2.24, 2.45) is 0 Å². The van der Waals surface area contributed by atoms with E-state index in [1.54, 1.807) is 0 Å². The second-order valence-corrected chi connectivity index (χ2v) is 2.96. The van der Waals surface area contributed by atoms with Crippen LogP contribution in [-0.4, -0.2) is 0 Å². The fraction of sp³-hybridized carbons (Fsp3) is 0.900. The Hall–Kier alpha value is 0.597. The maximum absolute atomic E-state index is 2.26. The molecule has 0 rings (SSSR count). The van der Waals surface area contributed by atoms with Crippen LogP contribution in [0, 0.1) is 6.42 Å². The van der Waals surface area contributed by atoms with Crippen LogP contribution in [0.1, 0.15) is 58.8 Å². The quantitative estimate of drug-likeness (QED) is 0.287. The molecule has 11 heavy (non-hydrogen) atoms.